The molecule has 0 radical (unpaired) electrons. The summed E-state index contributed by atoms with van der Waals surface area (Å²) >= 11 is 0. The Morgan fingerprint density at radius 1 is 0.364 bits per heavy atom. The van der Waals surface area contributed by atoms with Gasteiger partial charge in [-0.1, -0.05) is 279 Å². The SMILES string of the molecule is CCCCCCC/C=C\C/C=C\C/C=C\CCCCCCCCCCCCCCCCCCCCCCC(=O)NC(COC1OC(CO)C(OC2OC(CO)C(OC3OC(CO)C(O)C(O)C3O)C(O)C2O)C(O)C1O)C(O)/C=C/CC/C=C/CC/C=C/CCCCCCCCCCC. The molecule has 0 bridgehead atoms. The summed E-state index contributed by atoms with van der Waals surface area (Å²) in [6, 6.07) is -0.999. The van der Waals surface area contributed by atoms with E-state index in [1.165, 1.54) is 205 Å². The fourth-order valence-corrected chi connectivity index (χ4v) is 13.1. The molecule has 1 amide bonds. The van der Waals surface area contributed by atoms with Crippen LogP contribution in [-0.4, -0.2) is 193 Å². The zero-order valence-electron chi connectivity index (χ0n) is 61.5. The van der Waals surface area contributed by atoms with Gasteiger partial charge in [0.05, 0.1) is 38.6 Å². The van der Waals surface area contributed by atoms with Crippen LogP contribution in [0.4, 0.5) is 0 Å². The molecule has 576 valence electrons. The molecule has 19 nitrogen and oxygen atoms in total. The number of nitrogens with one attached hydrogen (secondary N) is 1. The molecule has 17 atom stereocenters. The van der Waals surface area contributed by atoms with Crippen molar-refractivity contribution in [3.05, 3.63) is 72.9 Å². The van der Waals surface area contributed by atoms with Crippen molar-refractivity contribution in [3.8, 4) is 0 Å². The highest BCUT2D eigenvalue weighted by atomic mass is 16.8. The zero-order chi connectivity index (χ0) is 71.8. The molecule has 12 N–H and O–H groups in total. The smallest absolute Gasteiger partial charge is 0.220 e. The van der Waals surface area contributed by atoms with E-state index in [2.05, 4.69) is 79.9 Å². The van der Waals surface area contributed by atoms with Crippen molar-refractivity contribution in [2.45, 2.75) is 401 Å². The molecule has 0 aromatic rings. The number of hydrogen-bond donors (Lipinski definition) is 12. The normalized spacial score (nSPS) is 27.0. The minimum Gasteiger partial charge on any atom is -0.394 e. The number of aliphatic hydroxyl groups is 11. The van der Waals surface area contributed by atoms with Gasteiger partial charge in [-0.05, 0) is 83.5 Å². The minimum atomic E-state index is -1.98. The van der Waals surface area contributed by atoms with E-state index >= 15 is 0 Å². The van der Waals surface area contributed by atoms with E-state index in [0.717, 1.165) is 57.8 Å². The standard InChI is InChI=1S/C80H143NO18/c1-3-5-7-9-11-13-15-17-19-21-23-24-25-26-27-28-29-30-31-32-33-34-35-36-37-38-40-42-44-46-48-50-52-54-56-58-68(86)81-63(64(85)57-55-53-51-49-47-45-43-41-39-22-20-18-16-14-12-10-8-6-4-2)62-94-78-74(92)71(89)76(66(60-83)96-78)99-80-75(93)72(90)77(67(61-84)97-80)98-79-73(91)70(88)69(87)65(59-82)95-79/h15,17,21,23,25-26,39,41,47,49,55,57,63-67,69-80,82-85,87-93H,3-14,16,18-20,22,24,27-38,40,42-46,48,50-54,56,58-62H2,1-2H3,(H,81,86)/b17-15-,23-21-,26-25-,41-39+,49-47+,57-55+. The molecule has 0 saturated carbocycles. The third-order valence-electron chi connectivity index (χ3n) is 19.5. The van der Waals surface area contributed by atoms with E-state index in [4.69, 9.17) is 28.4 Å². The Bertz CT molecular complexity index is 2070. The molecule has 3 aliphatic heterocycles. The molecule has 3 fully saturated rings. The Kier molecular flexibility index (Phi) is 55.3. The second-order valence-electron chi connectivity index (χ2n) is 28.2. The van der Waals surface area contributed by atoms with Crippen molar-refractivity contribution in [2.24, 2.45) is 0 Å². The predicted octanol–water partition coefficient (Wildman–Crippen LogP) is 12.8. The lowest BCUT2D eigenvalue weighted by molar-refractivity contribution is -0.379. The zero-order valence-corrected chi connectivity index (χ0v) is 61.5. The van der Waals surface area contributed by atoms with Crippen LogP contribution in [0.5, 0.6) is 0 Å². The molecule has 3 aliphatic rings. The number of unbranched alkanes of at least 4 members (excludes halogenated alkanes) is 36. The average Bonchev–Trinajstić information content (AvgIpc) is 0.784. The van der Waals surface area contributed by atoms with E-state index in [0.29, 0.717) is 12.8 Å². The minimum absolute atomic E-state index is 0.232. The van der Waals surface area contributed by atoms with E-state index in [1.807, 2.05) is 6.08 Å². The van der Waals surface area contributed by atoms with Gasteiger partial charge < -0.3 is 89.9 Å². The van der Waals surface area contributed by atoms with Crippen molar-refractivity contribution in [3.63, 3.8) is 0 Å². The van der Waals surface area contributed by atoms with Gasteiger partial charge in [-0.3, -0.25) is 4.79 Å². The van der Waals surface area contributed by atoms with Crippen molar-refractivity contribution < 1.29 is 89.4 Å². The van der Waals surface area contributed by atoms with Crippen LogP contribution in [0.15, 0.2) is 72.9 Å². The lowest BCUT2D eigenvalue weighted by atomic mass is 9.96. The lowest BCUT2D eigenvalue weighted by Gasteiger charge is -2.48. The summed E-state index contributed by atoms with van der Waals surface area (Å²) in [7, 11) is 0. The summed E-state index contributed by atoms with van der Waals surface area (Å²) in [6.07, 6.45) is 51.8. The summed E-state index contributed by atoms with van der Waals surface area (Å²) in [4.78, 5) is 13.5. The quantitative estimate of drug-likeness (QED) is 0.0199. The monoisotopic (exact) mass is 1410 g/mol. The number of rotatable bonds is 62. The Morgan fingerprint density at radius 3 is 1.08 bits per heavy atom. The Morgan fingerprint density at radius 2 is 0.677 bits per heavy atom. The van der Waals surface area contributed by atoms with Crippen LogP contribution in [0, 0.1) is 0 Å². The number of hydrogen-bond acceptors (Lipinski definition) is 18. The van der Waals surface area contributed by atoms with Gasteiger partial charge >= 0.3 is 0 Å². The van der Waals surface area contributed by atoms with Crippen LogP contribution in [0.2, 0.25) is 0 Å². The van der Waals surface area contributed by atoms with Gasteiger partial charge in [-0.2, -0.15) is 0 Å². The first-order valence-electron chi connectivity index (χ1n) is 39.7. The fraction of sp³-hybridized carbons (Fsp3) is 0.838. The van der Waals surface area contributed by atoms with Gasteiger partial charge in [-0.15, -0.1) is 0 Å². The van der Waals surface area contributed by atoms with Gasteiger partial charge in [0, 0.05) is 6.42 Å². The largest absolute Gasteiger partial charge is 0.394 e. The maximum Gasteiger partial charge on any atom is 0.220 e. The number of aliphatic hydroxyl groups excluding tert-OH is 11. The summed E-state index contributed by atoms with van der Waals surface area (Å²) in [5, 5.41) is 121. The second-order valence-corrected chi connectivity index (χ2v) is 28.2. The first-order chi connectivity index (χ1) is 48.3. The van der Waals surface area contributed by atoms with E-state index < -0.39 is 124 Å². The van der Waals surface area contributed by atoms with Crippen LogP contribution < -0.4 is 5.32 Å². The van der Waals surface area contributed by atoms with Gasteiger partial charge in [0.2, 0.25) is 5.91 Å². The van der Waals surface area contributed by atoms with Crippen LogP contribution >= 0.6 is 0 Å². The first-order valence-corrected chi connectivity index (χ1v) is 39.7. The molecule has 17 unspecified atom stereocenters. The molecule has 0 aromatic carbocycles. The number of allylic oxidation sites excluding steroid dienone is 11. The van der Waals surface area contributed by atoms with Crippen LogP contribution in [0.25, 0.3) is 0 Å². The molecule has 0 spiro atoms. The van der Waals surface area contributed by atoms with Crippen molar-refractivity contribution in [1.82, 2.24) is 5.32 Å². The van der Waals surface area contributed by atoms with E-state index in [1.54, 1.807) is 6.08 Å². The summed E-state index contributed by atoms with van der Waals surface area (Å²) in [5.41, 5.74) is 0. The highest BCUT2D eigenvalue weighted by Gasteiger charge is 2.53. The van der Waals surface area contributed by atoms with Gasteiger partial charge in [-0.25, -0.2) is 0 Å². The van der Waals surface area contributed by atoms with Crippen molar-refractivity contribution >= 4 is 5.91 Å². The molecule has 0 aromatic heterocycles. The summed E-state index contributed by atoms with van der Waals surface area (Å²) in [5.74, 6) is -0.287. The summed E-state index contributed by atoms with van der Waals surface area (Å²) < 4.78 is 34.4. The third-order valence-corrected chi connectivity index (χ3v) is 19.5. The number of amides is 1. The van der Waals surface area contributed by atoms with Crippen LogP contribution in [-0.2, 0) is 33.2 Å². The van der Waals surface area contributed by atoms with Crippen LogP contribution in [0.3, 0.4) is 0 Å². The Balaban J connectivity index is 1.35. The Hall–Kier alpha value is -2.77. The predicted molar refractivity (Wildman–Crippen MR) is 392 cm³/mol. The van der Waals surface area contributed by atoms with Gasteiger partial charge in [0.15, 0.2) is 18.9 Å². The van der Waals surface area contributed by atoms with Crippen molar-refractivity contribution in [2.75, 3.05) is 26.4 Å². The highest BCUT2D eigenvalue weighted by Crippen LogP contribution is 2.33. The molecule has 3 rings (SSSR count). The molecular weight excluding hydrogens is 1260 g/mol. The highest BCUT2D eigenvalue weighted by molar-refractivity contribution is 5.76. The van der Waals surface area contributed by atoms with E-state index in [9.17, 15) is 61.0 Å². The maximum atomic E-state index is 13.5. The topological polar surface area (TPSA) is 307 Å². The molecule has 3 heterocycles. The molecule has 3 saturated heterocycles. The maximum absolute atomic E-state index is 13.5. The van der Waals surface area contributed by atoms with Gasteiger partial charge in [0.25, 0.3) is 0 Å². The third kappa shape index (κ3) is 40.9. The number of ether oxygens (including phenoxy) is 6. The number of carbonyl (C=O) groups excluding carboxylic acids is 1. The Labute approximate surface area is 598 Å². The average molecular weight is 1410 g/mol. The molecule has 19 heteroatoms. The van der Waals surface area contributed by atoms with Gasteiger partial charge in [0.1, 0.15) is 73.2 Å². The number of carbonyl (C=O) groups is 1. The second kappa shape index (κ2) is 60.5. The lowest BCUT2D eigenvalue weighted by Crippen LogP contribution is -2.66. The van der Waals surface area contributed by atoms with Crippen LogP contribution in [0.1, 0.15) is 296 Å². The summed E-state index contributed by atoms with van der Waals surface area (Å²) in [6.45, 7) is 1.71. The van der Waals surface area contributed by atoms with E-state index in [-0.39, 0.29) is 18.9 Å². The fourth-order valence-electron chi connectivity index (χ4n) is 13.1. The molecular formula is C80H143NO18. The van der Waals surface area contributed by atoms with Crippen molar-refractivity contribution in [1.29, 1.82) is 0 Å². The molecule has 0 aliphatic carbocycles. The molecule has 99 heavy (non-hydrogen) atoms. The first kappa shape index (κ1) is 90.4.